The molecule has 1 heterocycles. The Morgan fingerprint density at radius 2 is 2.50 bits per heavy atom. The number of nitrogens with one attached hydrogen (secondary N) is 1. The minimum Gasteiger partial charge on any atom is -0.328 e. The van der Waals surface area contributed by atoms with E-state index in [-0.39, 0.29) is 0 Å². The first-order chi connectivity index (χ1) is 7.79. The molecule has 0 amide bonds. The molecular formula is C12H21N3S. The van der Waals surface area contributed by atoms with Gasteiger partial charge in [0.05, 0.1) is 6.04 Å². The van der Waals surface area contributed by atoms with Crippen LogP contribution in [-0.4, -0.2) is 17.6 Å². The van der Waals surface area contributed by atoms with E-state index in [0.29, 0.717) is 12.1 Å². The van der Waals surface area contributed by atoms with E-state index in [1.54, 1.807) is 11.3 Å². The van der Waals surface area contributed by atoms with E-state index in [1.807, 2.05) is 11.6 Å². The second kappa shape index (κ2) is 5.75. The Morgan fingerprint density at radius 3 is 3.06 bits per heavy atom. The van der Waals surface area contributed by atoms with E-state index in [9.17, 15) is 0 Å². The molecular weight excluding hydrogens is 218 g/mol. The van der Waals surface area contributed by atoms with Gasteiger partial charge in [0.1, 0.15) is 5.01 Å². The fourth-order valence-corrected chi connectivity index (χ4v) is 3.22. The van der Waals surface area contributed by atoms with E-state index >= 15 is 0 Å². The lowest BCUT2D eigenvalue weighted by Gasteiger charge is -2.17. The standard InChI is InChI=1S/C12H21N3S/c1-2-11(12-14-5-6-16-12)15-8-9-3-4-10(13)7-9/h5-6,9-11,15H,2-4,7-8,13H2,1H3. The Kier molecular flexibility index (Phi) is 4.32. The summed E-state index contributed by atoms with van der Waals surface area (Å²) in [6.07, 6.45) is 6.65. The third kappa shape index (κ3) is 3.03. The Balaban J connectivity index is 1.79. The van der Waals surface area contributed by atoms with Gasteiger partial charge < -0.3 is 11.1 Å². The maximum atomic E-state index is 5.92. The van der Waals surface area contributed by atoms with Gasteiger partial charge in [0.25, 0.3) is 0 Å². The number of nitrogens with zero attached hydrogens (tertiary/aromatic N) is 1. The van der Waals surface area contributed by atoms with E-state index in [4.69, 9.17) is 5.73 Å². The Bertz CT molecular complexity index is 299. The molecule has 1 aliphatic carbocycles. The molecule has 1 aliphatic rings. The monoisotopic (exact) mass is 239 g/mol. The highest BCUT2D eigenvalue weighted by Crippen LogP contribution is 2.25. The van der Waals surface area contributed by atoms with Gasteiger partial charge in [-0.2, -0.15) is 0 Å². The van der Waals surface area contributed by atoms with Crippen LogP contribution in [0.2, 0.25) is 0 Å². The molecule has 16 heavy (non-hydrogen) atoms. The van der Waals surface area contributed by atoms with Gasteiger partial charge in [-0.1, -0.05) is 6.92 Å². The van der Waals surface area contributed by atoms with Crippen molar-refractivity contribution in [1.82, 2.24) is 10.3 Å². The van der Waals surface area contributed by atoms with Gasteiger partial charge in [-0.25, -0.2) is 4.98 Å². The third-order valence-electron chi connectivity index (χ3n) is 3.39. The molecule has 0 saturated heterocycles. The molecule has 90 valence electrons. The summed E-state index contributed by atoms with van der Waals surface area (Å²) in [4.78, 5) is 4.38. The van der Waals surface area contributed by atoms with E-state index in [2.05, 4.69) is 17.2 Å². The van der Waals surface area contributed by atoms with E-state index in [0.717, 1.165) is 18.9 Å². The van der Waals surface area contributed by atoms with Crippen molar-refractivity contribution in [3.8, 4) is 0 Å². The highest BCUT2D eigenvalue weighted by Gasteiger charge is 2.22. The topological polar surface area (TPSA) is 50.9 Å². The van der Waals surface area contributed by atoms with Gasteiger partial charge in [-0.3, -0.25) is 0 Å². The molecule has 0 spiro atoms. The molecule has 1 aromatic rings. The smallest absolute Gasteiger partial charge is 0.109 e. The van der Waals surface area contributed by atoms with E-state index in [1.165, 1.54) is 24.3 Å². The summed E-state index contributed by atoms with van der Waals surface area (Å²) in [5.41, 5.74) is 5.92. The van der Waals surface area contributed by atoms with Crippen molar-refractivity contribution < 1.29 is 0 Å². The van der Waals surface area contributed by atoms with Crippen LogP contribution in [0.25, 0.3) is 0 Å². The van der Waals surface area contributed by atoms with Crippen molar-refractivity contribution in [1.29, 1.82) is 0 Å². The Labute approximate surface area is 101 Å². The van der Waals surface area contributed by atoms with Crippen LogP contribution in [0.15, 0.2) is 11.6 Å². The summed E-state index contributed by atoms with van der Waals surface area (Å²) in [5.74, 6) is 0.768. The van der Waals surface area contributed by atoms with Crippen molar-refractivity contribution in [3.63, 3.8) is 0 Å². The number of rotatable bonds is 5. The molecule has 1 saturated carbocycles. The molecule has 1 fully saturated rings. The quantitative estimate of drug-likeness (QED) is 0.829. The van der Waals surface area contributed by atoms with Crippen molar-refractivity contribution in [3.05, 3.63) is 16.6 Å². The second-order valence-electron chi connectivity index (χ2n) is 4.68. The van der Waals surface area contributed by atoms with Crippen LogP contribution in [-0.2, 0) is 0 Å². The zero-order valence-electron chi connectivity index (χ0n) is 9.86. The van der Waals surface area contributed by atoms with Crippen molar-refractivity contribution in [2.45, 2.75) is 44.7 Å². The first-order valence-electron chi connectivity index (χ1n) is 6.18. The first-order valence-corrected chi connectivity index (χ1v) is 7.06. The molecule has 3 N–H and O–H groups in total. The third-order valence-corrected chi connectivity index (χ3v) is 4.28. The SMILES string of the molecule is CCC(NCC1CCC(N)C1)c1nccs1. The predicted molar refractivity (Wildman–Crippen MR) is 68.5 cm³/mol. The lowest BCUT2D eigenvalue weighted by atomic mass is 10.1. The normalized spacial score (nSPS) is 27.1. The molecule has 0 radical (unpaired) electrons. The molecule has 3 atom stereocenters. The molecule has 4 heteroatoms. The van der Waals surface area contributed by atoms with Crippen LogP contribution in [0.3, 0.4) is 0 Å². The maximum Gasteiger partial charge on any atom is 0.109 e. The number of aromatic nitrogens is 1. The summed E-state index contributed by atoms with van der Waals surface area (Å²) >= 11 is 1.74. The van der Waals surface area contributed by atoms with Crippen LogP contribution in [0, 0.1) is 5.92 Å². The molecule has 2 rings (SSSR count). The van der Waals surface area contributed by atoms with Gasteiger partial charge in [-0.15, -0.1) is 11.3 Å². The highest BCUT2D eigenvalue weighted by molar-refractivity contribution is 7.09. The number of thiazole rings is 1. The van der Waals surface area contributed by atoms with E-state index < -0.39 is 0 Å². The van der Waals surface area contributed by atoms with Gasteiger partial charge >= 0.3 is 0 Å². The average Bonchev–Trinajstić information content (AvgIpc) is 2.91. The average molecular weight is 239 g/mol. The Hall–Kier alpha value is -0.450. The lowest BCUT2D eigenvalue weighted by molar-refractivity contribution is 0.427. The summed E-state index contributed by atoms with van der Waals surface area (Å²) in [5, 5.41) is 6.89. The van der Waals surface area contributed by atoms with Gasteiger partial charge in [0.2, 0.25) is 0 Å². The minimum atomic E-state index is 0.428. The molecule has 0 aliphatic heterocycles. The number of hydrogen-bond donors (Lipinski definition) is 2. The fraction of sp³-hybridized carbons (Fsp3) is 0.750. The van der Waals surface area contributed by atoms with Gasteiger partial charge in [0.15, 0.2) is 0 Å². The second-order valence-corrected chi connectivity index (χ2v) is 5.60. The van der Waals surface area contributed by atoms with Crippen molar-refractivity contribution in [2.75, 3.05) is 6.54 Å². The highest BCUT2D eigenvalue weighted by atomic mass is 32.1. The Morgan fingerprint density at radius 1 is 1.62 bits per heavy atom. The first kappa shape index (κ1) is 12.0. The summed E-state index contributed by atoms with van der Waals surface area (Å²) in [6.45, 7) is 3.30. The zero-order valence-corrected chi connectivity index (χ0v) is 10.7. The molecule has 1 aromatic heterocycles. The van der Waals surface area contributed by atoms with Crippen LogP contribution < -0.4 is 11.1 Å². The summed E-state index contributed by atoms with van der Waals surface area (Å²) < 4.78 is 0. The summed E-state index contributed by atoms with van der Waals surface area (Å²) in [6, 6.07) is 0.864. The van der Waals surface area contributed by atoms with Crippen molar-refractivity contribution >= 4 is 11.3 Å². The molecule has 3 nitrogen and oxygen atoms in total. The molecule has 0 bridgehead atoms. The van der Waals surface area contributed by atoms with Gasteiger partial charge in [-0.05, 0) is 38.1 Å². The number of hydrogen-bond acceptors (Lipinski definition) is 4. The van der Waals surface area contributed by atoms with Gasteiger partial charge in [0, 0.05) is 17.6 Å². The molecule has 3 unspecified atom stereocenters. The minimum absolute atomic E-state index is 0.428. The van der Waals surface area contributed by atoms with Crippen LogP contribution >= 0.6 is 11.3 Å². The summed E-state index contributed by atoms with van der Waals surface area (Å²) in [7, 11) is 0. The number of nitrogens with two attached hydrogens (primary N) is 1. The fourth-order valence-electron chi connectivity index (χ4n) is 2.42. The van der Waals surface area contributed by atoms with Crippen molar-refractivity contribution in [2.24, 2.45) is 11.7 Å². The largest absolute Gasteiger partial charge is 0.328 e. The van der Waals surface area contributed by atoms with Crippen LogP contribution in [0.5, 0.6) is 0 Å². The van der Waals surface area contributed by atoms with Crippen LogP contribution in [0.1, 0.15) is 43.7 Å². The predicted octanol–water partition coefficient (Wildman–Crippen LogP) is 2.31. The van der Waals surface area contributed by atoms with Crippen LogP contribution in [0.4, 0.5) is 0 Å². The zero-order chi connectivity index (χ0) is 11.4. The molecule has 0 aromatic carbocycles. The maximum absolute atomic E-state index is 5.92. The lowest BCUT2D eigenvalue weighted by Crippen LogP contribution is -2.27.